The van der Waals surface area contributed by atoms with E-state index in [1.165, 1.54) is 24.4 Å². The molecule has 3 aromatic heterocycles. The number of alkyl halides is 2. The zero-order valence-electron chi connectivity index (χ0n) is 21.8. The molecule has 0 radical (unpaired) electrons. The molecule has 1 aliphatic carbocycles. The highest BCUT2D eigenvalue weighted by molar-refractivity contribution is 5.93. The molecule has 4 aromatic rings. The summed E-state index contributed by atoms with van der Waals surface area (Å²) >= 11 is 0. The number of nitrogens with one attached hydrogen (secondary N) is 2. The molecule has 7 nitrogen and oxygen atoms in total. The predicted molar refractivity (Wildman–Crippen MR) is 146 cm³/mol. The summed E-state index contributed by atoms with van der Waals surface area (Å²) in [6.45, 7) is 1.79. The lowest BCUT2D eigenvalue weighted by atomic mass is 9.96. The van der Waals surface area contributed by atoms with Crippen LogP contribution in [0.2, 0.25) is 0 Å². The average molecular weight is 552 g/mol. The highest BCUT2D eigenvalue weighted by Gasteiger charge is 2.28. The van der Waals surface area contributed by atoms with Crippen molar-refractivity contribution in [3.05, 3.63) is 66.1 Å². The Bertz CT molecular complexity index is 1480. The molecule has 1 saturated heterocycles. The van der Waals surface area contributed by atoms with E-state index in [4.69, 9.17) is 9.97 Å². The van der Waals surface area contributed by atoms with Crippen LogP contribution in [0.5, 0.6) is 0 Å². The number of halogens is 4. The molecular weight excluding hydrogens is 522 g/mol. The number of hydrogen-bond donors (Lipinski definition) is 2. The Morgan fingerprint density at radius 3 is 2.48 bits per heavy atom. The summed E-state index contributed by atoms with van der Waals surface area (Å²) in [5, 5.41) is 7.20. The van der Waals surface area contributed by atoms with Gasteiger partial charge in [-0.25, -0.2) is 32.5 Å². The van der Waals surface area contributed by atoms with Crippen LogP contribution in [-0.2, 0) is 0 Å². The van der Waals surface area contributed by atoms with Crippen molar-refractivity contribution in [3.8, 4) is 11.4 Å². The number of para-hydroxylation sites is 1. The van der Waals surface area contributed by atoms with Gasteiger partial charge in [0.1, 0.15) is 29.0 Å². The lowest BCUT2D eigenvalue weighted by molar-refractivity contribution is 0.0703. The number of anilines is 3. The first kappa shape index (κ1) is 26.4. The average Bonchev–Trinajstić information content (AvgIpc) is 3.80. The van der Waals surface area contributed by atoms with Crippen LogP contribution < -0.4 is 10.6 Å². The molecule has 2 fully saturated rings. The first-order valence-electron chi connectivity index (χ1n) is 13.5. The summed E-state index contributed by atoms with van der Waals surface area (Å²) in [7, 11) is 0. The number of likely N-dealkylation sites (tertiary alicyclic amines) is 1. The largest absolute Gasteiger partial charge is 0.369 e. The maximum absolute atomic E-state index is 14.2. The van der Waals surface area contributed by atoms with Crippen LogP contribution in [0.3, 0.4) is 0 Å². The van der Waals surface area contributed by atoms with Gasteiger partial charge in [-0.1, -0.05) is 6.07 Å². The molecule has 1 aromatic carbocycles. The smallest absolute Gasteiger partial charge is 0.251 e. The van der Waals surface area contributed by atoms with Crippen molar-refractivity contribution in [2.75, 3.05) is 36.8 Å². The minimum absolute atomic E-state index is 0.176. The van der Waals surface area contributed by atoms with Crippen LogP contribution in [0.1, 0.15) is 37.2 Å². The molecule has 0 bridgehead atoms. The minimum atomic E-state index is -2.32. The number of pyridine rings is 2. The Morgan fingerprint density at radius 2 is 1.75 bits per heavy atom. The molecule has 1 aliphatic heterocycles. The van der Waals surface area contributed by atoms with Crippen LogP contribution >= 0.6 is 0 Å². The Balaban J connectivity index is 1.29. The summed E-state index contributed by atoms with van der Waals surface area (Å²) < 4.78 is 54.0. The van der Waals surface area contributed by atoms with Gasteiger partial charge in [0.25, 0.3) is 6.43 Å². The van der Waals surface area contributed by atoms with Gasteiger partial charge in [-0.15, -0.1) is 0 Å². The third kappa shape index (κ3) is 5.84. The van der Waals surface area contributed by atoms with Crippen molar-refractivity contribution in [1.29, 1.82) is 0 Å². The molecule has 1 saturated carbocycles. The lowest BCUT2D eigenvalue weighted by Gasteiger charge is -2.31. The van der Waals surface area contributed by atoms with Crippen LogP contribution in [0, 0.1) is 17.6 Å². The van der Waals surface area contributed by atoms with E-state index in [-0.39, 0.29) is 18.1 Å². The molecule has 208 valence electrons. The number of aromatic nitrogens is 4. The fourth-order valence-corrected chi connectivity index (χ4v) is 5.26. The molecular formula is C29H29F4N7. The van der Waals surface area contributed by atoms with E-state index in [1.54, 1.807) is 18.3 Å². The molecule has 0 unspecified atom stereocenters. The van der Waals surface area contributed by atoms with Crippen molar-refractivity contribution in [2.45, 2.75) is 38.0 Å². The van der Waals surface area contributed by atoms with E-state index >= 15 is 0 Å². The number of benzene rings is 1. The summed E-state index contributed by atoms with van der Waals surface area (Å²) in [5.41, 5.74) is 2.16. The van der Waals surface area contributed by atoms with Crippen LogP contribution in [0.4, 0.5) is 34.9 Å². The van der Waals surface area contributed by atoms with Crippen LogP contribution in [0.15, 0.2) is 48.9 Å². The molecule has 40 heavy (non-hydrogen) atoms. The third-order valence-corrected chi connectivity index (χ3v) is 7.55. The number of rotatable bonds is 9. The Hall–Kier alpha value is -3.86. The predicted octanol–water partition coefficient (Wildman–Crippen LogP) is 6.38. The van der Waals surface area contributed by atoms with E-state index in [0.29, 0.717) is 54.2 Å². The van der Waals surface area contributed by atoms with Crippen LogP contribution in [-0.4, -0.2) is 57.4 Å². The number of nitrogens with zero attached hydrogens (tertiary/aromatic N) is 5. The van der Waals surface area contributed by atoms with E-state index in [0.717, 1.165) is 36.6 Å². The Morgan fingerprint density at radius 1 is 0.975 bits per heavy atom. The fourth-order valence-electron chi connectivity index (χ4n) is 5.26. The van der Waals surface area contributed by atoms with Gasteiger partial charge >= 0.3 is 0 Å². The topological polar surface area (TPSA) is 78.9 Å². The molecule has 0 atom stereocenters. The molecule has 0 spiro atoms. The maximum Gasteiger partial charge on any atom is 0.251 e. The summed E-state index contributed by atoms with van der Waals surface area (Å²) in [5.74, 6) is 0.692. The van der Waals surface area contributed by atoms with Crippen molar-refractivity contribution < 1.29 is 17.6 Å². The second kappa shape index (κ2) is 11.3. The number of hydrogen-bond acceptors (Lipinski definition) is 7. The summed E-state index contributed by atoms with van der Waals surface area (Å²) in [6.07, 6.45) is 6.67. The zero-order valence-corrected chi connectivity index (χ0v) is 21.8. The quantitative estimate of drug-likeness (QED) is 0.234. The van der Waals surface area contributed by atoms with Gasteiger partial charge in [0, 0.05) is 29.9 Å². The Kier molecular flexibility index (Phi) is 7.46. The standard InChI is InChI=1S/C29H29F4N7/c30-21-2-1-3-22(31)27(21)38-25-12-19(6-9-35-25)28-37-23-15-34-14-20(18-4-5-18)26(23)29(39-28)36-13-17-7-10-40(11-8-17)16-24(32)33/h1-3,6,9,12,14-15,17-18,24H,4-5,7-8,10-11,13,16H2,(H,35,38)(H,36,37,39). The van der Waals surface area contributed by atoms with Gasteiger partial charge in [0.05, 0.1) is 18.3 Å². The molecule has 4 heterocycles. The molecule has 0 amide bonds. The molecule has 2 aliphatic rings. The van der Waals surface area contributed by atoms with Crippen molar-refractivity contribution in [1.82, 2.24) is 24.8 Å². The lowest BCUT2D eigenvalue weighted by Crippen LogP contribution is -2.38. The van der Waals surface area contributed by atoms with Gasteiger partial charge in [0.15, 0.2) is 5.82 Å². The van der Waals surface area contributed by atoms with Gasteiger partial charge in [0.2, 0.25) is 0 Å². The normalized spacial score (nSPS) is 16.5. The SMILES string of the molecule is Fc1cccc(F)c1Nc1cc(-c2nc(NCC3CCN(CC(F)F)CC3)c3c(C4CC4)cncc3n2)ccn1. The van der Waals surface area contributed by atoms with Crippen molar-refractivity contribution in [3.63, 3.8) is 0 Å². The van der Waals surface area contributed by atoms with E-state index in [2.05, 4.69) is 20.6 Å². The Labute approximate surface area is 229 Å². The maximum atomic E-state index is 14.2. The molecule has 11 heteroatoms. The summed E-state index contributed by atoms with van der Waals surface area (Å²) in [6, 6.07) is 7.03. The first-order valence-corrected chi connectivity index (χ1v) is 13.5. The highest BCUT2D eigenvalue weighted by Crippen LogP contribution is 2.44. The third-order valence-electron chi connectivity index (χ3n) is 7.55. The zero-order chi connectivity index (χ0) is 27.6. The van der Waals surface area contributed by atoms with Crippen molar-refractivity contribution >= 4 is 28.2 Å². The monoisotopic (exact) mass is 551 g/mol. The summed E-state index contributed by atoms with van der Waals surface area (Å²) in [4.78, 5) is 20.2. The van der Waals surface area contributed by atoms with E-state index < -0.39 is 18.1 Å². The number of piperidine rings is 1. The van der Waals surface area contributed by atoms with Crippen molar-refractivity contribution in [2.24, 2.45) is 5.92 Å². The second-order valence-electron chi connectivity index (χ2n) is 10.5. The fraction of sp³-hybridized carbons (Fsp3) is 0.379. The van der Waals surface area contributed by atoms with E-state index in [1.807, 2.05) is 11.1 Å². The highest BCUT2D eigenvalue weighted by atomic mass is 19.3. The second-order valence-corrected chi connectivity index (χ2v) is 10.5. The van der Waals surface area contributed by atoms with Gasteiger partial charge < -0.3 is 10.6 Å². The van der Waals surface area contributed by atoms with Gasteiger partial charge in [-0.2, -0.15) is 0 Å². The van der Waals surface area contributed by atoms with Crippen LogP contribution in [0.25, 0.3) is 22.3 Å². The van der Waals surface area contributed by atoms with Gasteiger partial charge in [-0.3, -0.25) is 9.88 Å². The molecule has 2 N–H and O–H groups in total. The molecule has 6 rings (SSSR count). The number of fused-ring (bicyclic) bond motifs is 1. The minimum Gasteiger partial charge on any atom is -0.369 e. The van der Waals surface area contributed by atoms with E-state index in [9.17, 15) is 17.6 Å². The van der Waals surface area contributed by atoms with Gasteiger partial charge in [-0.05, 0) is 80.4 Å². The first-order chi connectivity index (χ1) is 19.4.